The molecule has 1 aliphatic rings. The van der Waals surface area contributed by atoms with Crippen molar-refractivity contribution in [3.05, 3.63) is 47.2 Å². The third kappa shape index (κ3) is 4.13. The Kier molecular flexibility index (Phi) is 6.04. The van der Waals surface area contributed by atoms with Gasteiger partial charge in [-0.15, -0.1) is 0 Å². The smallest absolute Gasteiger partial charge is 0.287 e. The van der Waals surface area contributed by atoms with E-state index in [0.717, 1.165) is 22.3 Å². The minimum atomic E-state index is -0.198. The van der Waals surface area contributed by atoms with Gasteiger partial charge in [-0.2, -0.15) is 5.10 Å². The minimum Gasteiger partial charge on any atom is -0.459 e. The van der Waals surface area contributed by atoms with Gasteiger partial charge in [0.2, 0.25) is 0 Å². The van der Waals surface area contributed by atoms with Gasteiger partial charge in [-0.25, -0.2) is 9.67 Å². The third-order valence-electron chi connectivity index (χ3n) is 6.08. The van der Waals surface area contributed by atoms with Crippen LogP contribution in [-0.4, -0.2) is 50.6 Å². The van der Waals surface area contributed by atoms with Crippen LogP contribution in [0, 0.1) is 6.92 Å². The Morgan fingerprint density at radius 2 is 1.91 bits per heavy atom. The van der Waals surface area contributed by atoms with Gasteiger partial charge >= 0.3 is 0 Å². The van der Waals surface area contributed by atoms with Gasteiger partial charge in [0.15, 0.2) is 11.4 Å². The zero-order valence-corrected chi connectivity index (χ0v) is 19.4. The van der Waals surface area contributed by atoms with E-state index in [1.54, 1.807) is 12.3 Å². The quantitative estimate of drug-likeness (QED) is 0.649. The largest absolute Gasteiger partial charge is 0.459 e. The summed E-state index contributed by atoms with van der Waals surface area (Å²) in [5, 5.41) is 8.31. The number of pyridine rings is 1. The van der Waals surface area contributed by atoms with E-state index < -0.39 is 0 Å². The van der Waals surface area contributed by atoms with Crippen molar-refractivity contribution in [2.45, 2.75) is 65.5 Å². The summed E-state index contributed by atoms with van der Waals surface area (Å²) in [6.45, 7) is 11.3. The zero-order valence-electron chi connectivity index (χ0n) is 19.4. The molecule has 3 aromatic heterocycles. The van der Waals surface area contributed by atoms with Crippen molar-refractivity contribution in [1.82, 2.24) is 25.0 Å². The van der Waals surface area contributed by atoms with Gasteiger partial charge in [0, 0.05) is 36.4 Å². The Balaban J connectivity index is 1.50. The summed E-state index contributed by atoms with van der Waals surface area (Å²) in [4.78, 5) is 32.6. The molecule has 4 heterocycles. The van der Waals surface area contributed by atoms with Crippen molar-refractivity contribution in [3.63, 3.8) is 0 Å². The number of piperidine rings is 1. The van der Waals surface area contributed by atoms with Gasteiger partial charge in [0.05, 0.1) is 23.4 Å². The maximum Gasteiger partial charge on any atom is 0.287 e. The van der Waals surface area contributed by atoms with Crippen LogP contribution in [0.2, 0.25) is 0 Å². The van der Waals surface area contributed by atoms with Crippen LogP contribution in [0.5, 0.6) is 0 Å². The maximum atomic E-state index is 13.5. The third-order valence-corrected chi connectivity index (χ3v) is 6.08. The number of hydrogen-bond donors (Lipinski definition) is 1. The lowest BCUT2D eigenvalue weighted by Crippen LogP contribution is -2.46. The van der Waals surface area contributed by atoms with E-state index in [1.165, 1.54) is 6.26 Å². The fourth-order valence-corrected chi connectivity index (χ4v) is 4.14. The number of hydrogen-bond acceptors (Lipinski definition) is 5. The minimum absolute atomic E-state index is 0.00531. The average Bonchev–Trinajstić information content (AvgIpc) is 3.39. The monoisotopic (exact) mass is 437 g/mol. The first-order valence-corrected chi connectivity index (χ1v) is 11.3. The Morgan fingerprint density at radius 3 is 2.50 bits per heavy atom. The molecule has 1 saturated heterocycles. The molecule has 4 rings (SSSR count). The van der Waals surface area contributed by atoms with Gasteiger partial charge < -0.3 is 14.6 Å². The highest BCUT2D eigenvalue weighted by Gasteiger charge is 2.28. The predicted molar refractivity (Wildman–Crippen MR) is 122 cm³/mol. The van der Waals surface area contributed by atoms with Gasteiger partial charge in [-0.05, 0) is 51.7 Å². The molecule has 32 heavy (non-hydrogen) atoms. The molecule has 0 aliphatic carbocycles. The van der Waals surface area contributed by atoms with E-state index in [4.69, 9.17) is 9.40 Å². The number of rotatable bonds is 5. The van der Waals surface area contributed by atoms with Crippen molar-refractivity contribution < 1.29 is 14.0 Å². The molecule has 0 bridgehead atoms. The Labute approximate surface area is 188 Å². The molecule has 1 N–H and O–H groups in total. The lowest BCUT2D eigenvalue weighted by molar-refractivity contribution is 0.0697. The second-order valence-corrected chi connectivity index (χ2v) is 9.14. The number of carbonyl (C=O) groups is 2. The molecule has 8 heteroatoms. The molecule has 1 fully saturated rings. The number of aryl methyl sites for hydroxylation is 1. The Hall–Kier alpha value is -3.16. The lowest BCUT2D eigenvalue weighted by atomic mass is 10.0. The highest BCUT2D eigenvalue weighted by molar-refractivity contribution is 6.05. The first kappa shape index (κ1) is 22.0. The number of nitrogens with one attached hydrogen (secondary N) is 1. The summed E-state index contributed by atoms with van der Waals surface area (Å²) in [6, 6.07) is 3.86. The van der Waals surface area contributed by atoms with E-state index in [1.807, 2.05) is 22.6 Å². The van der Waals surface area contributed by atoms with Crippen LogP contribution < -0.4 is 5.32 Å². The molecule has 0 spiro atoms. The van der Waals surface area contributed by atoms with Crippen molar-refractivity contribution in [2.24, 2.45) is 0 Å². The number of fused-ring (bicyclic) bond motifs is 1. The summed E-state index contributed by atoms with van der Waals surface area (Å²) in [5.74, 6) is 0.351. The molecular formula is C24H31N5O3. The first-order valence-electron chi connectivity index (χ1n) is 11.3. The van der Waals surface area contributed by atoms with Crippen molar-refractivity contribution in [3.8, 4) is 0 Å². The summed E-state index contributed by atoms with van der Waals surface area (Å²) >= 11 is 0. The molecule has 0 atom stereocenters. The number of likely N-dealkylation sites (tertiary alicyclic amines) is 1. The Morgan fingerprint density at radius 1 is 1.19 bits per heavy atom. The summed E-state index contributed by atoms with van der Waals surface area (Å²) in [7, 11) is 0. The van der Waals surface area contributed by atoms with E-state index >= 15 is 0 Å². The van der Waals surface area contributed by atoms with Crippen molar-refractivity contribution in [1.29, 1.82) is 0 Å². The SMILES string of the molecule is Cc1ccoc1C(=O)NC1CCN(C(=O)c2cc(C(C)C)nc3c2cnn3C(C)C)CC1. The molecule has 0 radical (unpaired) electrons. The molecule has 1 aliphatic heterocycles. The second-order valence-electron chi connectivity index (χ2n) is 9.14. The molecule has 170 valence electrons. The topological polar surface area (TPSA) is 93.3 Å². The van der Waals surface area contributed by atoms with Gasteiger partial charge in [0.1, 0.15) is 0 Å². The van der Waals surface area contributed by atoms with E-state index in [0.29, 0.717) is 37.3 Å². The zero-order chi connectivity index (χ0) is 23.0. The van der Waals surface area contributed by atoms with Crippen LogP contribution >= 0.6 is 0 Å². The normalized spacial score (nSPS) is 15.2. The van der Waals surface area contributed by atoms with Crippen molar-refractivity contribution in [2.75, 3.05) is 13.1 Å². The van der Waals surface area contributed by atoms with Crippen LogP contribution in [0.4, 0.5) is 0 Å². The van der Waals surface area contributed by atoms with E-state index in [2.05, 4.69) is 38.1 Å². The predicted octanol–water partition coefficient (Wildman–Crippen LogP) is 4.07. The first-order chi connectivity index (χ1) is 15.3. The average molecular weight is 438 g/mol. The highest BCUT2D eigenvalue weighted by Crippen LogP contribution is 2.26. The van der Waals surface area contributed by atoms with Gasteiger partial charge in [-0.1, -0.05) is 13.8 Å². The molecule has 0 aromatic carbocycles. The number of nitrogens with zero attached hydrogens (tertiary/aromatic N) is 4. The fourth-order valence-electron chi connectivity index (χ4n) is 4.14. The molecule has 8 nitrogen and oxygen atoms in total. The summed E-state index contributed by atoms with van der Waals surface area (Å²) < 4.78 is 7.16. The lowest BCUT2D eigenvalue weighted by Gasteiger charge is -2.32. The molecule has 0 saturated carbocycles. The molecule has 0 unspecified atom stereocenters. The van der Waals surface area contributed by atoms with Crippen LogP contribution in [0.25, 0.3) is 11.0 Å². The van der Waals surface area contributed by atoms with Crippen LogP contribution in [0.3, 0.4) is 0 Å². The maximum absolute atomic E-state index is 13.5. The second kappa shape index (κ2) is 8.76. The number of furan rings is 1. The number of amides is 2. The molecular weight excluding hydrogens is 406 g/mol. The number of carbonyl (C=O) groups excluding carboxylic acids is 2. The van der Waals surface area contributed by atoms with Gasteiger partial charge in [0.25, 0.3) is 11.8 Å². The van der Waals surface area contributed by atoms with E-state index in [-0.39, 0.29) is 29.8 Å². The Bertz CT molecular complexity index is 1140. The summed E-state index contributed by atoms with van der Waals surface area (Å²) in [5.41, 5.74) is 3.11. The molecule has 3 aromatic rings. The van der Waals surface area contributed by atoms with Crippen LogP contribution in [0.15, 0.2) is 29.0 Å². The molecule has 2 amide bonds. The standard InChI is InChI=1S/C24H31N5O3/c1-14(2)20-12-18(19-13-25-29(15(3)4)22(19)27-20)24(31)28-9-6-17(7-10-28)26-23(30)21-16(5)8-11-32-21/h8,11-15,17H,6-7,9-10H2,1-5H3,(H,26,30). The van der Waals surface area contributed by atoms with E-state index in [9.17, 15) is 9.59 Å². The number of aromatic nitrogens is 3. The summed E-state index contributed by atoms with van der Waals surface area (Å²) in [6.07, 6.45) is 4.67. The highest BCUT2D eigenvalue weighted by atomic mass is 16.3. The fraction of sp³-hybridized carbons (Fsp3) is 0.500. The van der Waals surface area contributed by atoms with Gasteiger partial charge in [-0.3, -0.25) is 9.59 Å². The van der Waals surface area contributed by atoms with Crippen molar-refractivity contribution >= 4 is 22.8 Å². The van der Waals surface area contributed by atoms with Crippen LogP contribution in [0.1, 0.15) is 84.7 Å². The van der Waals surface area contributed by atoms with Crippen LogP contribution in [-0.2, 0) is 0 Å².